The molecular weight excluding hydrogens is 327 g/mol. The Morgan fingerprint density at radius 3 is 2.30 bits per heavy atom. The largest absolute Gasteiger partial charge is 0.417 e. The molecule has 1 unspecified atom stereocenters. The lowest BCUT2D eigenvalue weighted by Gasteiger charge is -2.28. The second-order valence-corrected chi connectivity index (χ2v) is 6.84. The SMILES string of the molecule is CCC(CC)CC1(C)C(=O)N(C)c2cc(C(F)(F)F)c(Cl)cc21. The van der Waals surface area contributed by atoms with Gasteiger partial charge in [-0.2, -0.15) is 13.2 Å². The second kappa shape index (κ2) is 6.00. The van der Waals surface area contributed by atoms with Crippen molar-refractivity contribution in [2.24, 2.45) is 5.92 Å². The van der Waals surface area contributed by atoms with E-state index < -0.39 is 17.2 Å². The molecule has 2 nitrogen and oxygen atoms in total. The first-order chi connectivity index (χ1) is 10.6. The van der Waals surface area contributed by atoms with E-state index in [1.165, 1.54) is 18.0 Å². The smallest absolute Gasteiger partial charge is 0.314 e. The van der Waals surface area contributed by atoms with Gasteiger partial charge in [0.2, 0.25) is 5.91 Å². The number of benzene rings is 1. The molecule has 0 N–H and O–H groups in total. The number of likely N-dealkylation sites (N-methyl/N-ethyl adjacent to an activating group) is 1. The highest BCUT2D eigenvalue weighted by Gasteiger charge is 2.48. The molecule has 1 aliphatic rings. The Labute approximate surface area is 139 Å². The van der Waals surface area contributed by atoms with E-state index in [1.54, 1.807) is 6.92 Å². The molecule has 0 aliphatic carbocycles. The third-order valence-electron chi connectivity index (χ3n) is 4.97. The number of amides is 1. The fraction of sp³-hybridized carbons (Fsp3) is 0.588. The van der Waals surface area contributed by atoms with E-state index in [0.29, 0.717) is 23.6 Å². The molecule has 1 aromatic carbocycles. The Kier molecular flexibility index (Phi) is 4.73. The average Bonchev–Trinajstić information content (AvgIpc) is 2.65. The molecule has 1 amide bonds. The van der Waals surface area contributed by atoms with Crippen molar-refractivity contribution < 1.29 is 18.0 Å². The van der Waals surface area contributed by atoms with Gasteiger partial charge in [-0.1, -0.05) is 38.3 Å². The van der Waals surface area contributed by atoms with Crippen LogP contribution < -0.4 is 4.90 Å². The highest BCUT2D eigenvalue weighted by Crippen LogP contribution is 2.49. The number of alkyl halides is 3. The number of hydrogen-bond donors (Lipinski definition) is 0. The molecule has 0 radical (unpaired) electrons. The lowest BCUT2D eigenvalue weighted by molar-refractivity contribution is -0.137. The number of hydrogen-bond acceptors (Lipinski definition) is 1. The van der Waals surface area contributed by atoms with Crippen molar-refractivity contribution in [3.63, 3.8) is 0 Å². The van der Waals surface area contributed by atoms with Crippen molar-refractivity contribution >= 4 is 23.2 Å². The number of fused-ring (bicyclic) bond motifs is 1. The number of carbonyl (C=O) groups is 1. The molecule has 1 atom stereocenters. The molecule has 0 spiro atoms. The first-order valence-electron chi connectivity index (χ1n) is 7.75. The van der Waals surface area contributed by atoms with E-state index in [-0.39, 0.29) is 10.9 Å². The summed E-state index contributed by atoms with van der Waals surface area (Å²) >= 11 is 5.87. The monoisotopic (exact) mass is 347 g/mol. The summed E-state index contributed by atoms with van der Waals surface area (Å²) < 4.78 is 39.2. The average molecular weight is 348 g/mol. The van der Waals surface area contributed by atoms with Crippen LogP contribution in [0.4, 0.5) is 18.9 Å². The predicted octanol–water partition coefficient (Wildman–Crippen LogP) is 5.42. The van der Waals surface area contributed by atoms with E-state index in [0.717, 1.165) is 18.9 Å². The quantitative estimate of drug-likeness (QED) is 0.712. The van der Waals surface area contributed by atoms with E-state index >= 15 is 0 Å². The predicted molar refractivity (Wildman–Crippen MR) is 85.9 cm³/mol. The summed E-state index contributed by atoms with van der Waals surface area (Å²) in [5, 5.41) is -0.352. The molecule has 6 heteroatoms. The van der Waals surface area contributed by atoms with Crippen LogP contribution in [0.1, 0.15) is 51.2 Å². The molecule has 0 saturated heterocycles. The van der Waals surface area contributed by atoms with Crippen LogP contribution in [0, 0.1) is 5.92 Å². The fourth-order valence-corrected chi connectivity index (χ4v) is 3.72. The molecule has 2 rings (SSSR count). The van der Waals surface area contributed by atoms with E-state index in [9.17, 15) is 18.0 Å². The normalized spacial score (nSPS) is 21.3. The van der Waals surface area contributed by atoms with Crippen molar-refractivity contribution in [3.05, 3.63) is 28.3 Å². The van der Waals surface area contributed by atoms with Gasteiger partial charge in [0.25, 0.3) is 0 Å². The minimum absolute atomic E-state index is 0.171. The number of rotatable bonds is 4. The number of carbonyl (C=O) groups excluding carboxylic acids is 1. The van der Waals surface area contributed by atoms with Crippen molar-refractivity contribution in [2.45, 2.75) is 51.6 Å². The van der Waals surface area contributed by atoms with Gasteiger partial charge in [0.05, 0.1) is 16.0 Å². The molecular formula is C17H21ClF3NO. The summed E-state index contributed by atoms with van der Waals surface area (Å²) in [5.41, 5.74) is -0.825. The van der Waals surface area contributed by atoms with Gasteiger partial charge in [-0.3, -0.25) is 4.79 Å². The van der Waals surface area contributed by atoms with E-state index in [4.69, 9.17) is 11.6 Å². The zero-order chi connectivity index (χ0) is 17.6. The molecule has 1 heterocycles. The summed E-state index contributed by atoms with van der Waals surface area (Å²) in [5.74, 6) is 0.166. The third-order valence-corrected chi connectivity index (χ3v) is 5.29. The lowest BCUT2D eigenvalue weighted by atomic mass is 9.75. The Morgan fingerprint density at radius 2 is 1.83 bits per heavy atom. The van der Waals surface area contributed by atoms with Gasteiger partial charge in [-0.05, 0) is 37.0 Å². The summed E-state index contributed by atoms with van der Waals surface area (Å²) in [4.78, 5) is 14.0. The van der Waals surface area contributed by atoms with Gasteiger partial charge < -0.3 is 4.90 Å². The highest BCUT2D eigenvalue weighted by atomic mass is 35.5. The molecule has 1 aliphatic heterocycles. The van der Waals surface area contributed by atoms with Crippen LogP contribution in [0.25, 0.3) is 0 Å². The maximum Gasteiger partial charge on any atom is 0.417 e. The second-order valence-electron chi connectivity index (χ2n) is 6.43. The number of halogens is 4. The summed E-state index contributed by atoms with van der Waals surface area (Å²) in [6.07, 6.45) is -2.08. The van der Waals surface area contributed by atoms with Gasteiger partial charge >= 0.3 is 6.18 Å². The Balaban J connectivity index is 2.58. The van der Waals surface area contributed by atoms with Crippen molar-refractivity contribution in [1.29, 1.82) is 0 Å². The van der Waals surface area contributed by atoms with Gasteiger partial charge in [0.1, 0.15) is 0 Å². The molecule has 1 aromatic rings. The topological polar surface area (TPSA) is 20.3 Å². The molecule has 128 valence electrons. The molecule has 0 saturated carbocycles. The standard InChI is InChI=1S/C17H21ClF3NO/c1-5-10(6-2)9-16(3)12-7-13(18)11(17(19,20)21)8-14(12)22(4)15(16)23/h7-8,10H,5-6,9H2,1-4H3. The summed E-state index contributed by atoms with van der Waals surface area (Å²) in [7, 11) is 1.52. The third kappa shape index (κ3) is 2.95. The van der Waals surface area contributed by atoms with Crippen molar-refractivity contribution in [3.8, 4) is 0 Å². The zero-order valence-corrected chi connectivity index (χ0v) is 14.5. The van der Waals surface area contributed by atoms with Gasteiger partial charge in [0.15, 0.2) is 0 Å². The first kappa shape index (κ1) is 18.1. The summed E-state index contributed by atoms with van der Waals surface area (Å²) in [6, 6.07) is 2.32. The first-order valence-corrected chi connectivity index (χ1v) is 8.13. The van der Waals surface area contributed by atoms with Gasteiger partial charge in [0, 0.05) is 12.7 Å². The van der Waals surface area contributed by atoms with Gasteiger partial charge in [-0.25, -0.2) is 0 Å². The van der Waals surface area contributed by atoms with Crippen LogP contribution >= 0.6 is 11.6 Å². The highest BCUT2D eigenvalue weighted by molar-refractivity contribution is 6.32. The number of nitrogens with zero attached hydrogens (tertiary/aromatic N) is 1. The summed E-state index contributed by atoms with van der Waals surface area (Å²) in [6.45, 7) is 5.92. The minimum Gasteiger partial charge on any atom is -0.314 e. The fourth-order valence-electron chi connectivity index (χ4n) is 3.45. The Morgan fingerprint density at radius 1 is 1.26 bits per heavy atom. The van der Waals surface area contributed by atoms with E-state index in [2.05, 4.69) is 13.8 Å². The Bertz CT molecular complexity index is 625. The molecule has 0 bridgehead atoms. The minimum atomic E-state index is -4.54. The molecule has 0 fully saturated rings. The van der Waals surface area contributed by atoms with Crippen LogP contribution in [0.2, 0.25) is 5.02 Å². The number of anilines is 1. The van der Waals surface area contributed by atoms with Crippen LogP contribution in [-0.4, -0.2) is 13.0 Å². The van der Waals surface area contributed by atoms with Crippen LogP contribution in [0.3, 0.4) is 0 Å². The van der Waals surface area contributed by atoms with Crippen LogP contribution in [0.15, 0.2) is 12.1 Å². The maximum absolute atomic E-state index is 13.1. The molecule has 0 aromatic heterocycles. The van der Waals surface area contributed by atoms with Crippen molar-refractivity contribution in [2.75, 3.05) is 11.9 Å². The van der Waals surface area contributed by atoms with Crippen LogP contribution in [-0.2, 0) is 16.4 Å². The zero-order valence-electron chi connectivity index (χ0n) is 13.7. The molecule has 23 heavy (non-hydrogen) atoms. The lowest BCUT2D eigenvalue weighted by Crippen LogP contribution is -2.37. The van der Waals surface area contributed by atoms with Crippen molar-refractivity contribution in [1.82, 2.24) is 0 Å². The van der Waals surface area contributed by atoms with Crippen LogP contribution in [0.5, 0.6) is 0 Å². The van der Waals surface area contributed by atoms with Gasteiger partial charge in [-0.15, -0.1) is 0 Å². The Hall–Kier alpha value is -1.23. The van der Waals surface area contributed by atoms with E-state index in [1.807, 2.05) is 0 Å². The maximum atomic E-state index is 13.1.